The predicted molar refractivity (Wildman–Crippen MR) is 90.6 cm³/mol. The molecule has 3 rings (SSSR count). The van der Waals surface area contributed by atoms with E-state index < -0.39 is 0 Å². The van der Waals surface area contributed by atoms with E-state index in [2.05, 4.69) is 25.9 Å². The normalized spacial score (nSPS) is 11.1. The van der Waals surface area contributed by atoms with E-state index in [0.717, 1.165) is 15.7 Å². The molecule has 0 aliphatic rings. The van der Waals surface area contributed by atoms with E-state index in [1.165, 1.54) is 11.3 Å². The number of hydrogen-bond donors (Lipinski definition) is 1. The first-order chi connectivity index (χ1) is 10.2. The highest BCUT2D eigenvalue weighted by Crippen LogP contribution is 2.27. The van der Waals surface area contributed by atoms with E-state index in [9.17, 15) is 5.11 Å². The summed E-state index contributed by atoms with van der Waals surface area (Å²) in [5.74, 6) is 0.188. The molecule has 0 radical (unpaired) electrons. The quantitative estimate of drug-likeness (QED) is 0.667. The standard InChI is InChI=1S/C16H11BrN2OS/c17-13-7-6-12(15(20)8-13)9-18-16-19-14(10-21-16)11-4-2-1-3-5-11/h1-10,20H/b18-9+. The Hall–Kier alpha value is -1.98. The highest BCUT2D eigenvalue weighted by molar-refractivity contribution is 9.10. The molecule has 104 valence electrons. The number of nitrogens with zero attached hydrogens (tertiary/aromatic N) is 2. The van der Waals surface area contributed by atoms with Crippen molar-refractivity contribution in [3.63, 3.8) is 0 Å². The lowest BCUT2D eigenvalue weighted by Crippen LogP contribution is -1.82. The highest BCUT2D eigenvalue weighted by Gasteiger charge is 2.03. The van der Waals surface area contributed by atoms with Crippen LogP contribution in [-0.4, -0.2) is 16.3 Å². The van der Waals surface area contributed by atoms with Gasteiger partial charge in [0, 0.05) is 27.2 Å². The van der Waals surface area contributed by atoms with Crippen LogP contribution in [0.3, 0.4) is 0 Å². The van der Waals surface area contributed by atoms with Crippen LogP contribution in [0.5, 0.6) is 5.75 Å². The van der Waals surface area contributed by atoms with E-state index in [1.54, 1.807) is 18.3 Å². The van der Waals surface area contributed by atoms with Gasteiger partial charge in [0.05, 0.1) is 5.69 Å². The first-order valence-electron chi connectivity index (χ1n) is 6.26. The van der Waals surface area contributed by atoms with Crippen molar-refractivity contribution in [2.24, 2.45) is 4.99 Å². The maximum absolute atomic E-state index is 9.81. The summed E-state index contributed by atoms with van der Waals surface area (Å²) in [6.45, 7) is 0. The monoisotopic (exact) mass is 358 g/mol. The molecule has 0 atom stereocenters. The molecule has 21 heavy (non-hydrogen) atoms. The number of thiazole rings is 1. The van der Waals surface area contributed by atoms with Gasteiger partial charge in [0.2, 0.25) is 5.13 Å². The minimum atomic E-state index is 0.188. The fraction of sp³-hybridized carbons (Fsp3) is 0. The Kier molecular flexibility index (Phi) is 4.13. The molecule has 0 aliphatic carbocycles. The van der Waals surface area contributed by atoms with Crippen molar-refractivity contribution in [3.05, 3.63) is 63.9 Å². The molecule has 1 aromatic heterocycles. The van der Waals surface area contributed by atoms with Crippen molar-refractivity contribution in [2.45, 2.75) is 0 Å². The molecule has 0 spiro atoms. The fourth-order valence-electron chi connectivity index (χ4n) is 1.82. The lowest BCUT2D eigenvalue weighted by Gasteiger charge is -1.98. The second-order valence-corrected chi connectivity index (χ2v) is 6.09. The summed E-state index contributed by atoms with van der Waals surface area (Å²) in [5.41, 5.74) is 2.64. The van der Waals surface area contributed by atoms with Gasteiger partial charge in [0.15, 0.2) is 0 Å². The van der Waals surface area contributed by atoms with Crippen LogP contribution in [0.15, 0.2) is 63.4 Å². The number of aliphatic imine (C=N–C) groups is 1. The van der Waals surface area contributed by atoms with Crippen LogP contribution in [0.1, 0.15) is 5.56 Å². The van der Waals surface area contributed by atoms with Crippen molar-refractivity contribution < 1.29 is 5.11 Å². The summed E-state index contributed by atoms with van der Waals surface area (Å²) in [6.07, 6.45) is 1.62. The number of phenols is 1. The molecule has 5 heteroatoms. The molecular weight excluding hydrogens is 348 g/mol. The number of rotatable bonds is 3. The molecule has 0 saturated carbocycles. The summed E-state index contributed by atoms with van der Waals surface area (Å²) >= 11 is 4.78. The number of phenolic OH excluding ortho intramolecular Hbond substituents is 1. The molecule has 1 heterocycles. The van der Waals surface area contributed by atoms with Gasteiger partial charge < -0.3 is 5.11 Å². The van der Waals surface area contributed by atoms with Crippen LogP contribution in [-0.2, 0) is 0 Å². The topological polar surface area (TPSA) is 45.5 Å². The Labute approximate surface area is 134 Å². The number of halogens is 1. The molecule has 0 unspecified atom stereocenters. The predicted octanol–water partition coefficient (Wildman–Crippen LogP) is 5.03. The molecule has 0 amide bonds. The van der Waals surface area contributed by atoms with Gasteiger partial charge in [-0.1, -0.05) is 46.3 Å². The third-order valence-corrected chi connectivity index (χ3v) is 4.11. The smallest absolute Gasteiger partial charge is 0.209 e. The van der Waals surface area contributed by atoms with E-state index >= 15 is 0 Å². The molecular formula is C16H11BrN2OS. The molecule has 0 fully saturated rings. The molecule has 2 aromatic carbocycles. The Balaban J connectivity index is 1.83. The minimum absolute atomic E-state index is 0.188. The van der Waals surface area contributed by atoms with Crippen LogP contribution in [0.2, 0.25) is 0 Å². The molecule has 0 saturated heterocycles. The maximum atomic E-state index is 9.81. The first kappa shape index (κ1) is 14.0. The number of hydrogen-bond acceptors (Lipinski definition) is 4. The maximum Gasteiger partial charge on any atom is 0.209 e. The Morgan fingerprint density at radius 3 is 2.71 bits per heavy atom. The lowest BCUT2D eigenvalue weighted by atomic mass is 10.2. The van der Waals surface area contributed by atoms with Crippen LogP contribution in [0.25, 0.3) is 11.3 Å². The van der Waals surface area contributed by atoms with Crippen LogP contribution in [0.4, 0.5) is 5.13 Å². The van der Waals surface area contributed by atoms with Gasteiger partial charge >= 0.3 is 0 Å². The van der Waals surface area contributed by atoms with E-state index in [1.807, 2.05) is 41.8 Å². The first-order valence-corrected chi connectivity index (χ1v) is 7.93. The fourth-order valence-corrected chi connectivity index (χ4v) is 2.84. The minimum Gasteiger partial charge on any atom is -0.507 e. The average Bonchev–Trinajstić information content (AvgIpc) is 2.96. The second kappa shape index (κ2) is 6.20. The van der Waals surface area contributed by atoms with Crippen molar-refractivity contribution in [1.29, 1.82) is 0 Å². The van der Waals surface area contributed by atoms with E-state index in [0.29, 0.717) is 10.7 Å². The van der Waals surface area contributed by atoms with Gasteiger partial charge in [-0.15, -0.1) is 11.3 Å². The average molecular weight is 359 g/mol. The van der Waals surface area contributed by atoms with Gasteiger partial charge in [-0.3, -0.25) is 0 Å². The number of benzene rings is 2. The molecule has 3 nitrogen and oxygen atoms in total. The van der Waals surface area contributed by atoms with Crippen LogP contribution < -0.4 is 0 Å². The summed E-state index contributed by atoms with van der Waals surface area (Å²) in [4.78, 5) is 8.79. The van der Waals surface area contributed by atoms with Gasteiger partial charge in [0.1, 0.15) is 5.75 Å². The van der Waals surface area contributed by atoms with E-state index in [-0.39, 0.29) is 5.75 Å². The zero-order valence-corrected chi connectivity index (χ0v) is 13.3. The van der Waals surface area contributed by atoms with E-state index in [4.69, 9.17) is 0 Å². The molecule has 1 N–H and O–H groups in total. The number of aromatic hydroxyl groups is 1. The van der Waals surface area contributed by atoms with Crippen molar-refractivity contribution in [1.82, 2.24) is 4.98 Å². The highest BCUT2D eigenvalue weighted by atomic mass is 79.9. The lowest BCUT2D eigenvalue weighted by molar-refractivity contribution is 0.474. The summed E-state index contributed by atoms with van der Waals surface area (Å²) in [5, 5.41) is 12.5. The SMILES string of the molecule is Oc1cc(Br)ccc1/C=N/c1nc(-c2ccccc2)cs1. The third kappa shape index (κ3) is 3.37. The zero-order valence-electron chi connectivity index (χ0n) is 10.9. The largest absolute Gasteiger partial charge is 0.507 e. The Bertz CT molecular complexity index is 784. The zero-order chi connectivity index (χ0) is 14.7. The summed E-state index contributed by atoms with van der Waals surface area (Å²) in [6, 6.07) is 15.3. The third-order valence-electron chi connectivity index (χ3n) is 2.87. The molecule has 0 aliphatic heterocycles. The Morgan fingerprint density at radius 1 is 1.14 bits per heavy atom. The van der Waals surface area contributed by atoms with Crippen LogP contribution in [0, 0.1) is 0 Å². The second-order valence-electron chi connectivity index (χ2n) is 4.34. The number of aromatic nitrogens is 1. The van der Waals surface area contributed by atoms with Gasteiger partial charge in [0.25, 0.3) is 0 Å². The van der Waals surface area contributed by atoms with Crippen molar-refractivity contribution >= 4 is 38.6 Å². The summed E-state index contributed by atoms with van der Waals surface area (Å²) < 4.78 is 0.831. The van der Waals surface area contributed by atoms with Crippen molar-refractivity contribution in [3.8, 4) is 17.0 Å². The van der Waals surface area contributed by atoms with Gasteiger partial charge in [-0.05, 0) is 18.2 Å². The molecule has 0 bridgehead atoms. The van der Waals surface area contributed by atoms with Crippen LogP contribution >= 0.6 is 27.3 Å². The van der Waals surface area contributed by atoms with Gasteiger partial charge in [-0.2, -0.15) is 0 Å². The van der Waals surface area contributed by atoms with Gasteiger partial charge in [-0.25, -0.2) is 9.98 Å². The Morgan fingerprint density at radius 2 is 1.95 bits per heavy atom. The van der Waals surface area contributed by atoms with Crippen molar-refractivity contribution in [2.75, 3.05) is 0 Å². The molecule has 3 aromatic rings. The summed E-state index contributed by atoms with van der Waals surface area (Å²) in [7, 11) is 0.